The Morgan fingerprint density at radius 2 is 2.00 bits per heavy atom. The molecule has 100 valence electrons. The van der Waals surface area contributed by atoms with E-state index in [1.165, 1.54) is 11.1 Å². The Hall–Kier alpha value is -2.20. The summed E-state index contributed by atoms with van der Waals surface area (Å²) in [4.78, 5) is 0. The maximum atomic E-state index is 5.50. The lowest BCUT2D eigenvalue weighted by atomic mass is 10.1. The third-order valence-electron chi connectivity index (χ3n) is 2.31. The standard InChI is InChI=1S/C10H10.C8H13N/c1-4-10-6-5-8(2)7-9(10)3;1-4-5-8(9)6-7(2)3/h1,5-7H,2-3H3;4-6H,2,9H2,1,3H3/b;5-4-,8-6+. The van der Waals surface area contributed by atoms with Crippen molar-refractivity contribution in [2.75, 3.05) is 0 Å². The molecule has 0 aliphatic carbocycles. The summed E-state index contributed by atoms with van der Waals surface area (Å²) in [6.07, 6.45) is 10.8. The van der Waals surface area contributed by atoms with Crippen LogP contribution in [0.1, 0.15) is 30.5 Å². The number of nitrogens with two attached hydrogens (primary N) is 1. The van der Waals surface area contributed by atoms with Crippen molar-refractivity contribution in [3.05, 3.63) is 71.0 Å². The van der Waals surface area contributed by atoms with E-state index in [1.807, 2.05) is 51.1 Å². The van der Waals surface area contributed by atoms with Gasteiger partial charge in [-0.15, -0.1) is 6.42 Å². The lowest BCUT2D eigenvalue weighted by molar-refractivity contribution is 1.36. The van der Waals surface area contributed by atoms with Gasteiger partial charge in [-0.1, -0.05) is 41.8 Å². The highest BCUT2D eigenvalue weighted by Crippen LogP contribution is 2.08. The third-order valence-corrected chi connectivity index (χ3v) is 2.31. The number of hydrogen-bond donors (Lipinski definition) is 1. The van der Waals surface area contributed by atoms with Crippen LogP contribution in [0.3, 0.4) is 0 Å². The average Bonchev–Trinajstić information content (AvgIpc) is 2.29. The highest BCUT2D eigenvalue weighted by Gasteiger charge is 1.91. The van der Waals surface area contributed by atoms with Crippen molar-refractivity contribution in [2.24, 2.45) is 5.73 Å². The molecular weight excluding hydrogens is 230 g/mol. The molecule has 0 aromatic heterocycles. The van der Waals surface area contributed by atoms with Crippen LogP contribution in [0.15, 0.2) is 54.3 Å². The van der Waals surface area contributed by atoms with Crippen LogP contribution in [0, 0.1) is 26.2 Å². The predicted molar refractivity (Wildman–Crippen MR) is 85.7 cm³/mol. The van der Waals surface area contributed by atoms with Gasteiger partial charge in [-0.25, -0.2) is 0 Å². The van der Waals surface area contributed by atoms with Crippen molar-refractivity contribution in [3.63, 3.8) is 0 Å². The van der Waals surface area contributed by atoms with Crippen molar-refractivity contribution in [1.29, 1.82) is 0 Å². The molecule has 1 aromatic carbocycles. The summed E-state index contributed by atoms with van der Waals surface area (Å²) in [5.74, 6) is 2.62. The van der Waals surface area contributed by atoms with E-state index in [4.69, 9.17) is 12.2 Å². The Morgan fingerprint density at radius 3 is 2.42 bits per heavy atom. The van der Waals surface area contributed by atoms with Crippen molar-refractivity contribution in [1.82, 2.24) is 0 Å². The maximum Gasteiger partial charge on any atom is 0.0313 e. The zero-order valence-electron chi connectivity index (χ0n) is 12.3. The molecular formula is C18H23N. The van der Waals surface area contributed by atoms with Crippen molar-refractivity contribution in [2.45, 2.75) is 27.7 Å². The fourth-order valence-electron chi connectivity index (χ4n) is 1.50. The van der Waals surface area contributed by atoms with Crippen LogP contribution in [-0.2, 0) is 0 Å². The van der Waals surface area contributed by atoms with Gasteiger partial charge in [0.05, 0.1) is 0 Å². The van der Waals surface area contributed by atoms with E-state index in [0.717, 1.165) is 16.8 Å². The second kappa shape index (κ2) is 8.83. The van der Waals surface area contributed by atoms with Crippen molar-refractivity contribution in [3.8, 4) is 12.3 Å². The molecule has 0 heterocycles. The topological polar surface area (TPSA) is 26.0 Å². The molecule has 0 aliphatic heterocycles. The summed E-state index contributed by atoms with van der Waals surface area (Å²) in [5, 5.41) is 0. The molecule has 1 nitrogen and oxygen atoms in total. The van der Waals surface area contributed by atoms with Gasteiger partial charge in [0, 0.05) is 11.3 Å². The molecule has 0 amide bonds. The minimum atomic E-state index is 0.755. The number of hydrogen-bond acceptors (Lipinski definition) is 1. The second-order valence-corrected chi connectivity index (χ2v) is 4.45. The van der Waals surface area contributed by atoms with Crippen LogP contribution in [0.25, 0.3) is 0 Å². The molecule has 1 aromatic rings. The SMILES string of the molecule is C#Cc1ccc(C)cc1C.C=C(C)/C=C(N)\C=C/C. The molecule has 0 aliphatic rings. The summed E-state index contributed by atoms with van der Waals surface area (Å²) < 4.78 is 0. The fourth-order valence-corrected chi connectivity index (χ4v) is 1.50. The Labute approximate surface area is 117 Å². The van der Waals surface area contributed by atoms with Gasteiger partial charge < -0.3 is 5.73 Å². The number of rotatable bonds is 2. The van der Waals surface area contributed by atoms with Crippen LogP contribution < -0.4 is 5.73 Å². The van der Waals surface area contributed by atoms with E-state index < -0.39 is 0 Å². The molecule has 0 atom stereocenters. The van der Waals surface area contributed by atoms with Gasteiger partial charge in [0.15, 0.2) is 0 Å². The van der Waals surface area contributed by atoms with E-state index in [2.05, 4.69) is 25.5 Å². The van der Waals surface area contributed by atoms with E-state index >= 15 is 0 Å². The number of benzene rings is 1. The van der Waals surface area contributed by atoms with Gasteiger partial charge in [-0.3, -0.25) is 0 Å². The lowest BCUT2D eigenvalue weighted by Crippen LogP contribution is -1.91. The highest BCUT2D eigenvalue weighted by molar-refractivity contribution is 5.40. The van der Waals surface area contributed by atoms with Crippen LogP contribution in [0.2, 0.25) is 0 Å². The minimum absolute atomic E-state index is 0.755. The Balaban J connectivity index is 0.000000344. The van der Waals surface area contributed by atoms with E-state index in [0.29, 0.717) is 0 Å². The van der Waals surface area contributed by atoms with Gasteiger partial charge >= 0.3 is 0 Å². The first-order valence-corrected chi connectivity index (χ1v) is 6.20. The van der Waals surface area contributed by atoms with Gasteiger partial charge in [0.25, 0.3) is 0 Å². The predicted octanol–water partition coefficient (Wildman–Crippen LogP) is 4.27. The molecule has 2 N–H and O–H groups in total. The summed E-state index contributed by atoms with van der Waals surface area (Å²) >= 11 is 0. The van der Waals surface area contributed by atoms with E-state index in [-0.39, 0.29) is 0 Å². The number of aryl methyl sites for hydroxylation is 2. The molecule has 0 spiro atoms. The first-order valence-electron chi connectivity index (χ1n) is 6.20. The van der Waals surface area contributed by atoms with Crippen molar-refractivity contribution < 1.29 is 0 Å². The monoisotopic (exact) mass is 253 g/mol. The average molecular weight is 253 g/mol. The normalized spacial score (nSPS) is 10.6. The molecule has 0 saturated heterocycles. The lowest BCUT2D eigenvalue weighted by Gasteiger charge is -1.97. The summed E-state index contributed by atoms with van der Waals surface area (Å²) in [7, 11) is 0. The first kappa shape index (κ1) is 16.8. The van der Waals surface area contributed by atoms with Crippen LogP contribution in [-0.4, -0.2) is 0 Å². The van der Waals surface area contributed by atoms with E-state index in [1.54, 1.807) is 0 Å². The minimum Gasteiger partial charge on any atom is -0.399 e. The van der Waals surface area contributed by atoms with Gasteiger partial charge in [0.1, 0.15) is 0 Å². The molecule has 0 unspecified atom stereocenters. The quantitative estimate of drug-likeness (QED) is 0.618. The number of allylic oxidation sites excluding steroid dienone is 4. The maximum absolute atomic E-state index is 5.50. The van der Waals surface area contributed by atoms with Crippen LogP contribution >= 0.6 is 0 Å². The zero-order chi connectivity index (χ0) is 14.8. The Bertz CT molecular complexity index is 525. The van der Waals surface area contributed by atoms with Gasteiger partial charge in [-0.05, 0) is 51.5 Å². The molecule has 1 rings (SSSR count). The largest absolute Gasteiger partial charge is 0.399 e. The molecule has 0 bridgehead atoms. The Kier molecular flexibility index (Phi) is 7.81. The zero-order valence-corrected chi connectivity index (χ0v) is 12.3. The van der Waals surface area contributed by atoms with E-state index in [9.17, 15) is 0 Å². The van der Waals surface area contributed by atoms with Gasteiger partial charge in [-0.2, -0.15) is 0 Å². The second-order valence-electron chi connectivity index (χ2n) is 4.45. The van der Waals surface area contributed by atoms with Crippen LogP contribution in [0.5, 0.6) is 0 Å². The summed E-state index contributed by atoms with van der Waals surface area (Å²) in [6.45, 7) is 11.6. The smallest absolute Gasteiger partial charge is 0.0313 e. The molecule has 0 fully saturated rings. The van der Waals surface area contributed by atoms with Gasteiger partial charge in [0.2, 0.25) is 0 Å². The Morgan fingerprint density at radius 1 is 1.37 bits per heavy atom. The molecule has 1 heteroatoms. The summed E-state index contributed by atoms with van der Waals surface area (Å²) in [5.41, 5.74) is 10.7. The third kappa shape index (κ3) is 7.68. The van der Waals surface area contributed by atoms with Crippen LogP contribution in [0.4, 0.5) is 0 Å². The summed E-state index contributed by atoms with van der Waals surface area (Å²) in [6, 6.07) is 6.10. The first-order chi connectivity index (χ1) is 8.90. The molecule has 0 saturated carbocycles. The molecule has 19 heavy (non-hydrogen) atoms. The highest BCUT2D eigenvalue weighted by atomic mass is 14.5. The molecule has 0 radical (unpaired) electrons. The van der Waals surface area contributed by atoms with Crippen molar-refractivity contribution >= 4 is 0 Å². The fraction of sp³-hybridized carbons (Fsp3) is 0.222. The number of terminal acetylenes is 1.